The number of hydrogen-bond donors (Lipinski definition) is 1. The number of pyridine rings is 1. The Balaban J connectivity index is 1.34. The van der Waals surface area contributed by atoms with Crippen LogP contribution in [0.1, 0.15) is 31.7 Å². The smallest absolute Gasteiger partial charge is 0.319 e. The molecule has 3 saturated heterocycles. The lowest BCUT2D eigenvalue weighted by molar-refractivity contribution is 0.107. The molecule has 1 N–H and O–H groups in total. The van der Waals surface area contributed by atoms with Gasteiger partial charge in [0.1, 0.15) is 53.4 Å². The summed E-state index contributed by atoms with van der Waals surface area (Å²) < 4.78 is 64.8. The number of phenolic OH excluding ortho intramolecular Hbond substituents is 1. The first kappa shape index (κ1) is 29.1. The molecule has 0 unspecified atom stereocenters. The van der Waals surface area contributed by atoms with E-state index < -0.39 is 23.3 Å². The van der Waals surface area contributed by atoms with Gasteiger partial charge in [-0.3, -0.25) is 4.90 Å². The Morgan fingerprint density at radius 1 is 1.15 bits per heavy atom. The maximum Gasteiger partial charge on any atom is 0.319 e. The van der Waals surface area contributed by atoms with E-state index in [4.69, 9.17) is 25.6 Å². The molecule has 4 aliphatic heterocycles. The summed E-state index contributed by atoms with van der Waals surface area (Å²) in [5.41, 5.74) is -0.787. The topological polar surface area (TPSA) is 93.1 Å². The Labute approximate surface area is 263 Å². The predicted octanol–water partition coefficient (Wildman–Crippen LogP) is 5.00. The molecule has 238 valence electrons. The quantitative estimate of drug-likeness (QED) is 0.313. The largest absolute Gasteiger partial charge is 0.508 e. The van der Waals surface area contributed by atoms with Gasteiger partial charge >= 0.3 is 6.01 Å². The summed E-state index contributed by atoms with van der Waals surface area (Å²) in [6, 6.07) is 5.17. The average Bonchev–Trinajstić information content (AvgIpc) is 3.43. The van der Waals surface area contributed by atoms with Crippen molar-refractivity contribution >= 4 is 27.5 Å². The highest BCUT2D eigenvalue weighted by Crippen LogP contribution is 2.45. The molecule has 9 nitrogen and oxygen atoms in total. The number of nitrogens with zero attached hydrogens (tertiary/aromatic N) is 5. The SMILES string of the molecule is C#Cc1c(F)ccc2cc(O)cc(-c3nc4c5c(nc(OC[C@@]67CCCN6C[C@H](F)C7)nc5c3F)N3CCOC[C@H](C)[C@H]3CO4)c12. The van der Waals surface area contributed by atoms with Crippen LogP contribution in [0.15, 0.2) is 24.3 Å². The number of aromatic nitrogens is 3. The molecule has 46 heavy (non-hydrogen) atoms. The summed E-state index contributed by atoms with van der Waals surface area (Å²) in [5, 5.41) is 11.5. The molecule has 4 aliphatic rings. The van der Waals surface area contributed by atoms with Crippen molar-refractivity contribution in [3.05, 3.63) is 41.5 Å². The molecule has 12 heteroatoms. The third kappa shape index (κ3) is 4.51. The number of ether oxygens (including phenoxy) is 3. The monoisotopic (exact) mass is 631 g/mol. The lowest BCUT2D eigenvalue weighted by atomic mass is 9.95. The van der Waals surface area contributed by atoms with Gasteiger partial charge in [0.25, 0.3) is 0 Å². The Kier molecular flexibility index (Phi) is 6.88. The first-order valence-electron chi connectivity index (χ1n) is 15.6. The van der Waals surface area contributed by atoms with Gasteiger partial charge in [0, 0.05) is 36.4 Å². The Morgan fingerprint density at radius 3 is 2.87 bits per heavy atom. The zero-order chi connectivity index (χ0) is 31.7. The molecule has 0 saturated carbocycles. The van der Waals surface area contributed by atoms with E-state index in [0.29, 0.717) is 43.9 Å². The molecule has 0 radical (unpaired) electrons. The Morgan fingerprint density at radius 2 is 2.02 bits per heavy atom. The highest BCUT2D eigenvalue weighted by molar-refractivity contribution is 6.04. The summed E-state index contributed by atoms with van der Waals surface area (Å²) in [6.07, 6.45) is 6.85. The van der Waals surface area contributed by atoms with Crippen molar-refractivity contribution in [2.45, 2.75) is 43.9 Å². The van der Waals surface area contributed by atoms with Crippen LogP contribution in [-0.2, 0) is 4.74 Å². The van der Waals surface area contributed by atoms with Crippen LogP contribution in [0, 0.1) is 29.9 Å². The van der Waals surface area contributed by atoms with Crippen LogP contribution < -0.4 is 14.4 Å². The van der Waals surface area contributed by atoms with Crippen molar-refractivity contribution < 1.29 is 32.5 Å². The minimum Gasteiger partial charge on any atom is -0.508 e. The number of benzene rings is 2. The summed E-state index contributed by atoms with van der Waals surface area (Å²) >= 11 is 0. The van der Waals surface area contributed by atoms with Crippen molar-refractivity contribution in [3.63, 3.8) is 0 Å². The third-order valence-electron chi connectivity index (χ3n) is 9.97. The Bertz CT molecular complexity index is 1940. The summed E-state index contributed by atoms with van der Waals surface area (Å²) in [6.45, 7) is 4.98. The number of alkyl halides is 1. The first-order chi connectivity index (χ1) is 22.3. The molecule has 4 aromatic rings. The first-order valence-corrected chi connectivity index (χ1v) is 15.6. The summed E-state index contributed by atoms with van der Waals surface area (Å²) in [7, 11) is 0. The second-order valence-electron chi connectivity index (χ2n) is 12.8. The van der Waals surface area contributed by atoms with E-state index in [0.717, 1.165) is 19.4 Å². The van der Waals surface area contributed by atoms with Crippen LogP contribution in [-0.4, -0.2) is 88.8 Å². The summed E-state index contributed by atoms with van der Waals surface area (Å²) in [5.74, 6) is 1.23. The molecular weight excluding hydrogens is 599 g/mol. The van der Waals surface area contributed by atoms with Gasteiger partial charge in [-0.2, -0.15) is 9.97 Å². The van der Waals surface area contributed by atoms with E-state index >= 15 is 4.39 Å². The molecule has 0 spiro atoms. The highest BCUT2D eigenvalue weighted by Gasteiger charge is 2.49. The van der Waals surface area contributed by atoms with Crippen LogP contribution in [0.2, 0.25) is 0 Å². The number of rotatable bonds is 4. The van der Waals surface area contributed by atoms with Gasteiger partial charge < -0.3 is 24.2 Å². The number of anilines is 1. The third-order valence-corrected chi connectivity index (χ3v) is 9.97. The fraction of sp³-hybridized carbons (Fsp3) is 0.441. The molecule has 8 rings (SSSR count). The van der Waals surface area contributed by atoms with Gasteiger partial charge in [-0.25, -0.2) is 18.2 Å². The molecule has 0 aliphatic carbocycles. The molecule has 2 aromatic heterocycles. The zero-order valence-electron chi connectivity index (χ0n) is 25.2. The predicted molar refractivity (Wildman–Crippen MR) is 165 cm³/mol. The zero-order valence-corrected chi connectivity index (χ0v) is 25.2. The molecule has 2 aromatic carbocycles. The van der Waals surface area contributed by atoms with Gasteiger partial charge in [-0.15, -0.1) is 6.42 Å². The number of fused-ring (bicyclic) bond motifs is 4. The normalized spacial score (nSPS) is 25.9. The van der Waals surface area contributed by atoms with Crippen LogP contribution in [0.3, 0.4) is 0 Å². The van der Waals surface area contributed by atoms with Crippen molar-refractivity contribution in [1.29, 1.82) is 0 Å². The van der Waals surface area contributed by atoms with Crippen molar-refractivity contribution in [2.75, 3.05) is 51.0 Å². The molecule has 0 bridgehead atoms. The van der Waals surface area contributed by atoms with E-state index in [9.17, 15) is 13.9 Å². The lowest BCUT2D eigenvalue weighted by Gasteiger charge is -2.32. The van der Waals surface area contributed by atoms with Crippen LogP contribution in [0.4, 0.5) is 19.0 Å². The minimum absolute atomic E-state index is 0.0394. The number of aromatic hydroxyl groups is 1. The molecule has 3 fully saturated rings. The van der Waals surface area contributed by atoms with Gasteiger partial charge in [0.05, 0.1) is 30.4 Å². The lowest BCUT2D eigenvalue weighted by Crippen LogP contribution is -2.44. The Hall–Kier alpha value is -4.34. The van der Waals surface area contributed by atoms with Gasteiger partial charge in [-0.1, -0.05) is 18.9 Å². The molecule has 0 amide bonds. The van der Waals surface area contributed by atoms with Crippen LogP contribution in [0.5, 0.6) is 17.6 Å². The maximum atomic E-state index is 17.0. The van der Waals surface area contributed by atoms with Gasteiger partial charge in [0.2, 0.25) is 5.88 Å². The van der Waals surface area contributed by atoms with Crippen molar-refractivity contribution in [3.8, 4) is 41.2 Å². The molecular formula is C34H32F3N5O4. The second kappa shape index (κ2) is 10.9. The standard InChI is InChI=1S/C34H32F3N5O4/c1-3-22-24(36)6-5-19-11-21(43)12-23(26(19)22)29-28(37)30-27-31(42-9-10-44-15-18(2)25(42)16-45-32(27)38-29)40-33(39-30)46-17-34-7-4-8-41(34)14-20(35)13-34/h1,5-6,11-12,18,20,25,43H,4,7-10,13-17H2,2H3/t18-,20+,25+,34-/m0/s1. The van der Waals surface area contributed by atoms with E-state index in [1.807, 2.05) is 11.8 Å². The highest BCUT2D eigenvalue weighted by atomic mass is 19.1. The fourth-order valence-corrected chi connectivity index (χ4v) is 7.76. The van der Waals surface area contributed by atoms with Crippen LogP contribution >= 0.6 is 0 Å². The van der Waals surface area contributed by atoms with E-state index in [1.165, 1.54) is 24.3 Å². The van der Waals surface area contributed by atoms with E-state index in [-0.39, 0.29) is 75.9 Å². The minimum atomic E-state index is -0.939. The van der Waals surface area contributed by atoms with Crippen LogP contribution in [0.25, 0.3) is 32.9 Å². The van der Waals surface area contributed by atoms with Gasteiger partial charge in [-0.05, 0) is 43.0 Å². The average molecular weight is 632 g/mol. The van der Waals surface area contributed by atoms with E-state index in [2.05, 4.69) is 20.8 Å². The van der Waals surface area contributed by atoms with E-state index in [1.54, 1.807) is 0 Å². The maximum absolute atomic E-state index is 17.0. The number of phenols is 1. The number of terminal acetylenes is 1. The fourth-order valence-electron chi connectivity index (χ4n) is 7.76. The number of halogens is 3. The van der Waals surface area contributed by atoms with Crippen molar-refractivity contribution in [2.24, 2.45) is 5.92 Å². The van der Waals surface area contributed by atoms with Gasteiger partial charge in [0.15, 0.2) is 5.82 Å². The number of hydrogen-bond acceptors (Lipinski definition) is 9. The molecule has 6 heterocycles. The molecule has 4 atom stereocenters. The van der Waals surface area contributed by atoms with Crippen molar-refractivity contribution in [1.82, 2.24) is 19.9 Å². The summed E-state index contributed by atoms with van der Waals surface area (Å²) in [4.78, 5) is 18.2. The second-order valence-corrected chi connectivity index (χ2v) is 12.8.